The van der Waals surface area contributed by atoms with Crippen LogP contribution in [0.5, 0.6) is 0 Å². The Bertz CT molecular complexity index is 707. The fourth-order valence-electron chi connectivity index (χ4n) is 2.36. The second kappa shape index (κ2) is 5.83. The molecule has 5 nitrogen and oxygen atoms in total. The lowest BCUT2D eigenvalue weighted by Gasteiger charge is -2.22. The smallest absolute Gasteiger partial charge is 0.326 e. The quantitative estimate of drug-likeness (QED) is 0.902. The predicted molar refractivity (Wildman–Crippen MR) is 81.4 cm³/mol. The van der Waals surface area contributed by atoms with Gasteiger partial charge in [0.2, 0.25) is 0 Å². The summed E-state index contributed by atoms with van der Waals surface area (Å²) in [6.45, 7) is 3.41. The van der Waals surface area contributed by atoms with Gasteiger partial charge in [-0.15, -0.1) is 0 Å². The summed E-state index contributed by atoms with van der Waals surface area (Å²) >= 11 is 0. The van der Waals surface area contributed by atoms with Crippen molar-refractivity contribution in [3.8, 4) is 0 Å². The normalized spacial score (nSPS) is 13.6. The van der Waals surface area contributed by atoms with Crippen molar-refractivity contribution in [3.05, 3.63) is 64.1 Å². The molecule has 2 aromatic rings. The van der Waals surface area contributed by atoms with E-state index in [-0.39, 0.29) is 11.6 Å². The van der Waals surface area contributed by atoms with Crippen molar-refractivity contribution in [2.45, 2.75) is 25.8 Å². The minimum absolute atomic E-state index is 0.0483. The Morgan fingerprint density at radius 1 is 1.14 bits per heavy atom. The number of aromatic nitrogens is 1. The van der Waals surface area contributed by atoms with E-state index in [1.165, 1.54) is 17.6 Å². The van der Waals surface area contributed by atoms with Gasteiger partial charge in [-0.3, -0.25) is 9.36 Å². The highest BCUT2D eigenvalue weighted by Crippen LogP contribution is 2.25. The summed E-state index contributed by atoms with van der Waals surface area (Å²) < 4.78 is 1.26. The van der Waals surface area contributed by atoms with Crippen LogP contribution in [-0.4, -0.2) is 15.6 Å². The Morgan fingerprint density at radius 3 is 2.33 bits per heavy atom. The minimum Gasteiger partial charge on any atom is -0.480 e. The van der Waals surface area contributed by atoms with E-state index >= 15 is 0 Å². The highest BCUT2D eigenvalue weighted by Gasteiger charge is 2.22. The van der Waals surface area contributed by atoms with Crippen molar-refractivity contribution in [2.75, 3.05) is 5.73 Å². The molecule has 110 valence electrons. The molecule has 0 fully saturated rings. The third kappa shape index (κ3) is 2.81. The van der Waals surface area contributed by atoms with Crippen LogP contribution in [0.2, 0.25) is 0 Å². The van der Waals surface area contributed by atoms with Gasteiger partial charge in [0, 0.05) is 11.6 Å². The molecule has 2 atom stereocenters. The van der Waals surface area contributed by atoms with E-state index in [2.05, 4.69) is 0 Å². The van der Waals surface area contributed by atoms with Gasteiger partial charge >= 0.3 is 5.97 Å². The number of carboxylic acid groups (broad SMARTS) is 1. The minimum atomic E-state index is -1.07. The van der Waals surface area contributed by atoms with E-state index in [9.17, 15) is 14.7 Å². The number of carboxylic acids is 1. The number of nitrogens with zero attached hydrogens (tertiary/aromatic N) is 1. The van der Waals surface area contributed by atoms with Crippen molar-refractivity contribution in [2.24, 2.45) is 0 Å². The molecule has 0 aliphatic carbocycles. The number of nitrogens with two attached hydrogens (primary N) is 1. The average Bonchev–Trinajstić information content (AvgIpc) is 2.49. The molecule has 0 aliphatic rings. The van der Waals surface area contributed by atoms with Gasteiger partial charge in [0.1, 0.15) is 6.04 Å². The summed E-state index contributed by atoms with van der Waals surface area (Å²) in [5.74, 6) is -1.18. The van der Waals surface area contributed by atoms with Crippen LogP contribution in [0.1, 0.15) is 37.1 Å². The molecule has 0 spiro atoms. The van der Waals surface area contributed by atoms with Gasteiger partial charge in [-0.25, -0.2) is 4.79 Å². The second-order valence-corrected chi connectivity index (χ2v) is 5.04. The number of rotatable bonds is 4. The van der Waals surface area contributed by atoms with Crippen molar-refractivity contribution >= 4 is 11.7 Å². The molecule has 0 radical (unpaired) electrons. The van der Waals surface area contributed by atoms with Crippen LogP contribution in [0.25, 0.3) is 0 Å². The van der Waals surface area contributed by atoms with E-state index in [1.807, 2.05) is 37.3 Å². The first-order chi connectivity index (χ1) is 9.93. The molecule has 1 aromatic carbocycles. The standard InChI is InChI=1S/C16H18N2O3/c1-10(12-6-4-3-5-7-12)14-9-8-13(17)15(19)18(14)11(2)16(20)21/h3-11H,17H2,1-2H3,(H,20,21). The number of nitrogen functional groups attached to an aromatic ring is 1. The molecular formula is C16H18N2O3. The summed E-state index contributed by atoms with van der Waals surface area (Å²) in [6, 6.07) is 11.9. The summed E-state index contributed by atoms with van der Waals surface area (Å²) in [5, 5.41) is 9.23. The van der Waals surface area contributed by atoms with Crippen molar-refractivity contribution in [1.82, 2.24) is 4.57 Å². The topological polar surface area (TPSA) is 85.3 Å². The fraction of sp³-hybridized carbons (Fsp3) is 0.250. The molecule has 2 rings (SSSR count). The monoisotopic (exact) mass is 286 g/mol. The molecule has 21 heavy (non-hydrogen) atoms. The fourth-order valence-corrected chi connectivity index (χ4v) is 2.36. The van der Waals surface area contributed by atoms with Gasteiger partial charge in [-0.05, 0) is 24.6 Å². The van der Waals surface area contributed by atoms with Gasteiger partial charge in [0.15, 0.2) is 0 Å². The summed E-state index contributed by atoms with van der Waals surface area (Å²) in [5.41, 5.74) is 6.86. The van der Waals surface area contributed by atoms with Crippen molar-refractivity contribution < 1.29 is 9.90 Å². The summed E-state index contributed by atoms with van der Waals surface area (Å²) in [6.07, 6.45) is 0. The lowest BCUT2D eigenvalue weighted by Crippen LogP contribution is -2.32. The zero-order chi connectivity index (χ0) is 15.6. The number of pyridine rings is 1. The molecule has 0 saturated carbocycles. The molecule has 1 heterocycles. The lowest BCUT2D eigenvalue weighted by molar-refractivity contribution is -0.140. The van der Waals surface area contributed by atoms with Gasteiger partial charge in [-0.2, -0.15) is 0 Å². The van der Waals surface area contributed by atoms with Crippen LogP contribution in [0.15, 0.2) is 47.3 Å². The van der Waals surface area contributed by atoms with Crippen LogP contribution in [-0.2, 0) is 4.79 Å². The maximum absolute atomic E-state index is 12.2. The van der Waals surface area contributed by atoms with E-state index in [1.54, 1.807) is 6.07 Å². The number of hydrogen-bond acceptors (Lipinski definition) is 3. The Kier molecular flexibility index (Phi) is 4.12. The molecule has 0 aliphatic heterocycles. The highest BCUT2D eigenvalue weighted by molar-refractivity contribution is 5.71. The number of anilines is 1. The lowest BCUT2D eigenvalue weighted by atomic mass is 9.96. The van der Waals surface area contributed by atoms with Gasteiger partial charge in [0.25, 0.3) is 5.56 Å². The van der Waals surface area contributed by atoms with Crippen LogP contribution >= 0.6 is 0 Å². The van der Waals surface area contributed by atoms with E-state index in [4.69, 9.17) is 5.73 Å². The van der Waals surface area contributed by atoms with E-state index in [0.29, 0.717) is 5.69 Å². The predicted octanol–water partition coefficient (Wildman–Crippen LogP) is 2.23. The third-order valence-electron chi connectivity index (χ3n) is 3.67. The van der Waals surface area contributed by atoms with E-state index < -0.39 is 17.6 Å². The maximum Gasteiger partial charge on any atom is 0.326 e. The van der Waals surface area contributed by atoms with Gasteiger partial charge in [-0.1, -0.05) is 37.3 Å². The highest BCUT2D eigenvalue weighted by atomic mass is 16.4. The SMILES string of the molecule is CC(c1ccccc1)c1ccc(N)c(=O)n1C(C)C(=O)O. The first kappa shape index (κ1) is 14.8. The molecule has 2 unspecified atom stereocenters. The number of aliphatic carboxylic acids is 1. The van der Waals surface area contributed by atoms with E-state index in [0.717, 1.165) is 5.56 Å². The molecule has 1 aromatic heterocycles. The van der Waals surface area contributed by atoms with Crippen LogP contribution in [0.4, 0.5) is 5.69 Å². The number of carbonyl (C=O) groups is 1. The Hall–Kier alpha value is -2.56. The largest absolute Gasteiger partial charge is 0.480 e. The molecule has 0 amide bonds. The molecule has 3 N–H and O–H groups in total. The Balaban J connectivity index is 2.61. The third-order valence-corrected chi connectivity index (χ3v) is 3.67. The Labute approximate surface area is 122 Å². The summed E-state index contributed by atoms with van der Waals surface area (Å²) in [4.78, 5) is 23.5. The number of hydrogen-bond donors (Lipinski definition) is 2. The van der Waals surface area contributed by atoms with Gasteiger partial charge < -0.3 is 10.8 Å². The molecule has 5 heteroatoms. The van der Waals surface area contributed by atoms with Crippen LogP contribution in [0.3, 0.4) is 0 Å². The second-order valence-electron chi connectivity index (χ2n) is 5.04. The molecule has 0 bridgehead atoms. The zero-order valence-corrected chi connectivity index (χ0v) is 12.0. The Morgan fingerprint density at radius 2 is 1.76 bits per heavy atom. The molecular weight excluding hydrogens is 268 g/mol. The van der Waals surface area contributed by atoms with Crippen LogP contribution in [0, 0.1) is 0 Å². The maximum atomic E-state index is 12.2. The van der Waals surface area contributed by atoms with Crippen LogP contribution < -0.4 is 11.3 Å². The van der Waals surface area contributed by atoms with Crippen molar-refractivity contribution in [1.29, 1.82) is 0 Å². The van der Waals surface area contributed by atoms with Gasteiger partial charge in [0.05, 0.1) is 5.69 Å². The average molecular weight is 286 g/mol. The first-order valence-corrected chi connectivity index (χ1v) is 6.72. The first-order valence-electron chi connectivity index (χ1n) is 6.72. The van der Waals surface area contributed by atoms with Crippen molar-refractivity contribution in [3.63, 3.8) is 0 Å². The molecule has 0 saturated heterocycles. The number of benzene rings is 1. The zero-order valence-electron chi connectivity index (χ0n) is 12.0. The summed E-state index contributed by atoms with van der Waals surface area (Å²) in [7, 11) is 0.